The van der Waals surface area contributed by atoms with Crippen molar-refractivity contribution < 1.29 is 4.79 Å². The maximum Gasteiger partial charge on any atom is 0.259 e. The van der Waals surface area contributed by atoms with Crippen molar-refractivity contribution in [3.63, 3.8) is 0 Å². The molecule has 0 spiro atoms. The van der Waals surface area contributed by atoms with Crippen molar-refractivity contribution in [2.45, 2.75) is 59.2 Å². The molecule has 1 fully saturated rings. The van der Waals surface area contributed by atoms with E-state index in [-0.39, 0.29) is 11.3 Å². The SMILES string of the molecule is CCc1c(C(=O)N(C)Cc2cccs2)c(=O)cc(C)n1C[C@H]1CCCN1CC. The third-order valence-corrected chi connectivity index (χ3v) is 6.65. The summed E-state index contributed by atoms with van der Waals surface area (Å²) in [6.45, 7) is 9.77. The zero-order chi connectivity index (χ0) is 20.3. The van der Waals surface area contributed by atoms with Crippen molar-refractivity contribution in [3.05, 3.63) is 55.6 Å². The maximum absolute atomic E-state index is 13.2. The number of hydrogen-bond acceptors (Lipinski definition) is 4. The first-order valence-electron chi connectivity index (χ1n) is 10.2. The van der Waals surface area contributed by atoms with Crippen molar-refractivity contribution in [2.75, 3.05) is 20.1 Å². The van der Waals surface area contributed by atoms with Gasteiger partial charge in [0.25, 0.3) is 5.91 Å². The Kier molecular flexibility index (Phi) is 6.73. The Morgan fingerprint density at radius 2 is 2.14 bits per heavy atom. The highest BCUT2D eigenvalue weighted by atomic mass is 32.1. The molecule has 28 heavy (non-hydrogen) atoms. The molecule has 1 atom stereocenters. The van der Waals surface area contributed by atoms with E-state index >= 15 is 0 Å². The minimum Gasteiger partial charge on any atom is -0.346 e. The lowest BCUT2D eigenvalue weighted by Gasteiger charge is -2.28. The standard InChI is InChI=1S/C22H31N3O2S/c1-5-19-21(22(27)23(4)15-18-10-8-12-28-18)20(26)13-16(3)25(19)14-17-9-7-11-24(17)6-2/h8,10,12-13,17H,5-7,9,11,14-15H2,1-4H3/t17-/m1/s1. The summed E-state index contributed by atoms with van der Waals surface area (Å²) in [7, 11) is 1.78. The predicted molar refractivity (Wildman–Crippen MR) is 115 cm³/mol. The molecule has 0 unspecified atom stereocenters. The molecule has 0 aliphatic carbocycles. The van der Waals surface area contributed by atoms with Gasteiger partial charge in [0.05, 0.1) is 6.54 Å². The number of carbonyl (C=O) groups excluding carboxylic acids is 1. The molecule has 0 N–H and O–H groups in total. The van der Waals surface area contributed by atoms with E-state index in [1.165, 1.54) is 12.8 Å². The summed E-state index contributed by atoms with van der Waals surface area (Å²) in [5.74, 6) is -0.178. The molecule has 6 heteroatoms. The summed E-state index contributed by atoms with van der Waals surface area (Å²) < 4.78 is 2.21. The van der Waals surface area contributed by atoms with Crippen LogP contribution in [0.4, 0.5) is 0 Å². The Morgan fingerprint density at radius 3 is 2.79 bits per heavy atom. The highest BCUT2D eigenvalue weighted by Gasteiger charge is 2.27. The molecule has 1 aliphatic rings. The average molecular weight is 402 g/mol. The molecule has 0 radical (unpaired) electrons. The number of aromatic nitrogens is 1. The van der Waals surface area contributed by atoms with E-state index < -0.39 is 0 Å². The Morgan fingerprint density at radius 1 is 1.36 bits per heavy atom. The molecule has 0 saturated carbocycles. The van der Waals surface area contributed by atoms with Gasteiger partial charge in [0.15, 0.2) is 5.43 Å². The largest absolute Gasteiger partial charge is 0.346 e. The van der Waals surface area contributed by atoms with Crippen LogP contribution in [-0.2, 0) is 19.5 Å². The van der Waals surface area contributed by atoms with Crippen LogP contribution in [0.1, 0.15) is 53.3 Å². The molecular formula is C22H31N3O2S. The molecule has 152 valence electrons. The lowest BCUT2D eigenvalue weighted by molar-refractivity contribution is 0.0782. The van der Waals surface area contributed by atoms with Gasteiger partial charge in [0.2, 0.25) is 0 Å². The van der Waals surface area contributed by atoms with E-state index in [2.05, 4.69) is 16.4 Å². The number of pyridine rings is 1. The molecule has 1 saturated heterocycles. The number of carbonyl (C=O) groups is 1. The van der Waals surface area contributed by atoms with Gasteiger partial charge in [-0.05, 0) is 50.7 Å². The Balaban J connectivity index is 1.94. The highest BCUT2D eigenvalue weighted by Crippen LogP contribution is 2.21. The van der Waals surface area contributed by atoms with Gasteiger partial charge < -0.3 is 9.47 Å². The van der Waals surface area contributed by atoms with E-state index in [4.69, 9.17) is 0 Å². The van der Waals surface area contributed by atoms with E-state index in [0.717, 1.165) is 35.9 Å². The second kappa shape index (κ2) is 9.05. The summed E-state index contributed by atoms with van der Waals surface area (Å²) in [6.07, 6.45) is 3.06. The van der Waals surface area contributed by atoms with Crippen LogP contribution in [0.2, 0.25) is 0 Å². The number of aryl methyl sites for hydroxylation is 1. The second-order valence-electron chi connectivity index (χ2n) is 7.60. The lowest BCUT2D eigenvalue weighted by atomic mass is 10.1. The van der Waals surface area contributed by atoms with Crippen LogP contribution in [0.15, 0.2) is 28.4 Å². The van der Waals surface area contributed by atoms with Gasteiger partial charge in [-0.15, -0.1) is 11.3 Å². The average Bonchev–Trinajstić information content (AvgIpc) is 3.34. The molecule has 0 aromatic carbocycles. The molecule has 1 amide bonds. The van der Waals surface area contributed by atoms with Gasteiger partial charge in [0, 0.05) is 42.0 Å². The second-order valence-corrected chi connectivity index (χ2v) is 8.63. The first kappa shape index (κ1) is 20.8. The van der Waals surface area contributed by atoms with E-state index in [1.54, 1.807) is 29.4 Å². The summed E-state index contributed by atoms with van der Waals surface area (Å²) in [4.78, 5) is 31.3. The van der Waals surface area contributed by atoms with Gasteiger partial charge >= 0.3 is 0 Å². The van der Waals surface area contributed by atoms with Crippen LogP contribution in [-0.4, -0.2) is 46.5 Å². The molecule has 1 aliphatic heterocycles. The van der Waals surface area contributed by atoms with Gasteiger partial charge in [0.1, 0.15) is 5.56 Å². The van der Waals surface area contributed by atoms with Crippen LogP contribution in [0, 0.1) is 6.92 Å². The van der Waals surface area contributed by atoms with Gasteiger partial charge in [-0.1, -0.05) is 19.9 Å². The number of likely N-dealkylation sites (tertiary alicyclic amines) is 1. The minimum atomic E-state index is -0.178. The third kappa shape index (κ3) is 4.23. The Bertz CT molecular complexity index is 873. The van der Waals surface area contributed by atoms with Crippen molar-refractivity contribution in [1.29, 1.82) is 0 Å². The zero-order valence-corrected chi connectivity index (χ0v) is 18.2. The first-order valence-corrected chi connectivity index (χ1v) is 11.1. The summed E-state index contributed by atoms with van der Waals surface area (Å²) in [5.41, 5.74) is 2.00. The third-order valence-electron chi connectivity index (χ3n) is 5.79. The zero-order valence-electron chi connectivity index (χ0n) is 17.4. The number of likely N-dealkylation sites (N-methyl/N-ethyl adjacent to an activating group) is 1. The molecular weight excluding hydrogens is 370 g/mol. The molecule has 2 aromatic rings. The fourth-order valence-corrected chi connectivity index (χ4v) is 5.07. The number of nitrogens with zero attached hydrogens (tertiary/aromatic N) is 3. The normalized spacial score (nSPS) is 17.2. The van der Waals surface area contributed by atoms with E-state index in [0.29, 0.717) is 24.6 Å². The van der Waals surface area contributed by atoms with Crippen molar-refractivity contribution in [3.8, 4) is 0 Å². The molecule has 2 aromatic heterocycles. The quantitative estimate of drug-likeness (QED) is 0.713. The maximum atomic E-state index is 13.2. The molecule has 0 bridgehead atoms. The van der Waals surface area contributed by atoms with Crippen LogP contribution in [0.5, 0.6) is 0 Å². The summed E-state index contributed by atoms with van der Waals surface area (Å²) >= 11 is 1.62. The predicted octanol–water partition coefficient (Wildman–Crippen LogP) is 3.54. The lowest BCUT2D eigenvalue weighted by Crippen LogP contribution is -2.37. The van der Waals surface area contributed by atoms with Crippen molar-refractivity contribution in [1.82, 2.24) is 14.4 Å². The fourth-order valence-electron chi connectivity index (χ4n) is 4.31. The van der Waals surface area contributed by atoms with Crippen molar-refractivity contribution >= 4 is 17.2 Å². The van der Waals surface area contributed by atoms with Crippen LogP contribution in [0.25, 0.3) is 0 Å². The highest BCUT2D eigenvalue weighted by molar-refractivity contribution is 7.09. The smallest absolute Gasteiger partial charge is 0.259 e. The van der Waals surface area contributed by atoms with E-state index in [1.807, 2.05) is 31.4 Å². The summed E-state index contributed by atoms with van der Waals surface area (Å²) in [6, 6.07) is 6.11. The van der Waals surface area contributed by atoms with Gasteiger partial charge in [-0.2, -0.15) is 0 Å². The van der Waals surface area contributed by atoms with E-state index in [9.17, 15) is 9.59 Å². The Labute approximate surface area is 171 Å². The topological polar surface area (TPSA) is 45.6 Å². The number of thiophene rings is 1. The number of hydrogen-bond donors (Lipinski definition) is 0. The monoisotopic (exact) mass is 401 g/mol. The minimum absolute atomic E-state index is 0.160. The van der Waals surface area contributed by atoms with Crippen LogP contribution >= 0.6 is 11.3 Å². The molecule has 5 nitrogen and oxygen atoms in total. The van der Waals surface area contributed by atoms with Gasteiger partial charge in [-0.3, -0.25) is 14.5 Å². The molecule has 3 rings (SSSR count). The number of amides is 1. The molecule has 3 heterocycles. The first-order chi connectivity index (χ1) is 13.5. The summed E-state index contributed by atoms with van der Waals surface area (Å²) in [5, 5.41) is 2.01. The van der Waals surface area contributed by atoms with Crippen LogP contribution < -0.4 is 5.43 Å². The van der Waals surface area contributed by atoms with Crippen molar-refractivity contribution in [2.24, 2.45) is 0 Å². The Hall–Kier alpha value is -1.92. The van der Waals surface area contributed by atoms with Crippen LogP contribution in [0.3, 0.4) is 0 Å². The number of rotatable bonds is 7. The van der Waals surface area contributed by atoms with Gasteiger partial charge in [-0.25, -0.2) is 0 Å². The fraction of sp³-hybridized carbons (Fsp3) is 0.545.